The van der Waals surface area contributed by atoms with Crippen LogP contribution in [0.4, 0.5) is 10.1 Å². The molecule has 1 amide bonds. The van der Waals surface area contributed by atoms with E-state index in [1.807, 2.05) is 0 Å². The molecule has 26 heavy (non-hydrogen) atoms. The van der Waals surface area contributed by atoms with Crippen LogP contribution >= 0.6 is 15.9 Å². The average Bonchev–Trinajstić information content (AvgIpc) is 2.93. The highest BCUT2D eigenvalue weighted by atomic mass is 79.9. The van der Waals surface area contributed by atoms with Gasteiger partial charge in [-0.2, -0.15) is 0 Å². The molecule has 0 aliphatic rings. The van der Waals surface area contributed by atoms with Crippen molar-refractivity contribution in [3.63, 3.8) is 0 Å². The molecule has 0 atom stereocenters. The van der Waals surface area contributed by atoms with Crippen molar-refractivity contribution >= 4 is 44.1 Å². The number of aromatic nitrogens is 4. The second-order valence-corrected chi connectivity index (χ2v) is 6.51. The fraction of sp³-hybridized carbons (Fsp3) is 0.0588. The zero-order chi connectivity index (χ0) is 18.3. The molecular weight excluding hydrogens is 405 g/mol. The van der Waals surface area contributed by atoms with E-state index in [1.54, 1.807) is 24.3 Å². The summed E-state index contributed by atoms with van der Waals surface area (Å²) in [6, 6.07) is 11.1. The molecule has 2 aromatic carbocycles. The Morgan fingerprint density at radius 3 is 2.73 bits per heavy atom. The first kappa shape index (κ1) is 16.4. The van der Waals surface area contributed by atoms with E-state index in [2.05, 4.69) is 31.3 Å². The van der Waals surface area contributed by atoms with Crippen LogP contribution in [0, 0.1) is 5.82 Å². The fourth-order valence-corrected chi connectivity index (χ4v) is 2.87. The number of rotatable bonds is 3. The van der Waals surface area contributed by atoms with Crippen LogP contribution in [0.3, 0.4) is 0 Å². The van der Waals surface area contributed by atoms with Crippen molar-refractivity contribution < 1.29 is 9.18 Å². The van der Waals surface area contributed by atoms with E-state index in [4.69, 9.17) is 0 Å². The molecule has 4 rings (SSSR count). The van der Waals surface area contributed by atoms with E-state index in [-0.39, 0.29) is 12.5 Å². The number of fused-ring (bicyclic) bond motifs is 3. The Hall–Kier alpha value is -3.07. The van der Waals surface area contributed by atoms with Crippen molar-refractivity contribution in [1.29, 1.82) is 0 Å². The third-order valence-electron chi connectivity index (χ3n) is 3.80. The van der Waals surface area contributed by atoms with Gasteiger partial charge in [-0.1, -0.05) is 15.9 Å². The van der Waals surface area contributed by atoms with Crippen molar-refractivity contribution in [3.8, 4) is 0 Å². The summed E-state index contributed by atoms with van der Waals surface area (Å²) in [5.41, 5.74) is 0.813. The molecule has 0 unspecified atom stereocenters. The molecule has 0 aliphatic heterocycles. The predicted molar refractivity (Wildman–Crippen MR) is 97.5 cm³/mol. The Kier molecular flexibility index (Phi) is 4.00. The maximum Gasteiger partial charge on any atom is 0.352 e. The molecule has 1 N–H and O–H groups in total. The first-order chi connectivity index (χ1) is 12.5. The smallest absolute Gasteiger partial charge is 0.324 e. The van der Waals surface area contributed by atoms with Crippen molar-refractivity contribution in [2.45, 2.75) is 6.54 Å². The van der Waals surface area contributed by atoms with Gasteiger partial charge in [-0.3, -0.25) is 4.79 Å². The SMILES string of the molecule is O=C(Cn1nc2c3ccc(F)cc3ncn2c1=O)Nc1ccc(Br)cc1. The van der Waals surface area contributed by atoms with Crippen LogP contribution in [-0.2, 0) is 11.3 Å². The molecule has 9 heteroatoms. The third kappa shape index (κ3) is 2.97. The number of hydrogen-bond donors (Lipinski definition) is 1. The predicted octanol–water partition coefficient (Wildman–Crippen LogP) is 2.58. The molecule has 0 saturated heterocycles. The number of amides is 1. The van der Waals surface area contributed by atoms with Gasteiger partial charge in [-0.15, -0.1) is 5.10 Å². The molecule has 0 spiro atoms. The summed E-state index contributed by atoms with van der Waals surface area (Å²) in [5, 5.41) is 7.43. The van der Waals surface area contributed by atoms with Gasteiger partial charge in [0, 0.05) is 21.6 Å². The van der Waals surface area contributed by atoms with E-state index >= 15 is 0 Å². The van der Waals surface area contributed by atoms with Crippen LogP contribution in [-0.4, -0.2) is 25.1 Å². The highest BCUT2D eigenvalue weighted by Crippen LogP contribution is 2.17. The van der Waals surface area contributed by atoms with Crippen LogP contribution in [0.25, 0.3) is 16.6 Å². The molecule has 0 radical (unpaired) electrons. The molecule has 2 aromatic heterocycles. The normalized spacial score (nSPS) is 11.2. The first-order valence-corrected chi connectivity index (χ1v) is 8.39. The zero-order valence-electron chi connectivity index (χ0n) is 13.2. The van der Waals surface area contributed by atoms with Crippen molar-refractivity contribution in [3.05, 3.63) is 69.6 Å². The van der Waals surface area contributed by atoms with Gasteiger partial charge < -0.3 is 5.32 Å². The highest BCUT2D eigenvalue weighted by molar-refractivity contribution is 9.10. The Labute approximate surface area is 154 Å². The maximum absolute atomic E-state index is 13.3. The summed E-state index contributed by atoms with van der Waals surface area (Å²) in [4.78, 5) is 28.7. The Balaban J connectivity index is 1.67. The molecule has 7 nitrogen and oxygen atoms in total. The molecule has 130 valence electrons. The molecule has 0 bridgehead atoms. The number of nitrogens with one attached hydrogen (secondary N) is 1. The summed E-state index contributed by atoms with van der Waals surface area (Å²) < 4.78 is 16.5. The zero-order valence-corrected chi connectivity index (χ0v) is 14.8. The van der Waals surface area contributed by atoms with E-state index in [1.165, 1.54) is 28.9 Å². The van der Waals surface area contributed by atoms with Gasteiger partial charge in [0.1, 0.15) is 18.7 Å². The number of benzene rings is 2. The number of halogens is 2. The van der Waals surface area contributed by atoms with Crippen LogP contribution in [0.5, 0.6) is 0 Å². The number of nitrogens with zero attached hydrogens (tertiary/aromatic N) is 4. The van der Waals surface area contributed by atoms with Gasteiger partial charge in [-0.25, -0.2) is 23.3 Å². The minimum absolute atomic E-state index is 0.251. The summed E-state index contributed by atoms with van der Waals surface area (Å²) in [7, 11) is 0. The number of anilines is 1. The number of carbonyl (C=O) groups excluding carboxylic acids is 1. The van der Waals surface area contributed by atoms with Crippen molar-refractivity contribution in [2.75, 3.05) is 5.32 Å². The van der Waals surface area contributed by atoms with Crippen LogP contribution in [0.2, 0.25) is 0 Å². The van der Waals surface area contributed by atoms with Crippen LogP contribution in [0.1, 0.15) is 0 Å². The summed E-state index contributed by atoms with van der Waals surface area (Å²) >= 11 is 3.32. The molecular formula is C17H11BrFN5O2. The van der Waals surface area contributed by atoms with Gasteiger partial charge in [0.2, 0.25) is 5.91 Å². The van der Waals surface area contributed by atoms with Crippen molar-refractivity contribution in [1.82, 2.24) is 19.2 Å². The Morgan fingerprint density at radius 2 is 1.96 bits per heavy atom. The largest absolute Gasteiger partial charge is 0.352 e. The minimum atomic E-state index is -0.496. The van der Waals surface area contributed by atoms with Gasteiger partial charge >= 0.3 is 5.69 Å². The van der Waals surface area contributed by atoms with Gasteiger partial charge in [0.15, 0.2) is 5.65 Å². The van der Waals surface area contributed by atoms with E-state index in [0.29, 0.717) is 22.2 Å². The number of hydrogen-bond acceptors (Lipinski definition) is 4. The van der Waals surface area contributed by atoms with Crippen molar-refractivity contribution in [2.24, 2.45) is 0 Å². The lowest BCUT2D eigenvalue weighted by Gasteiger charge is -2.04. The summed E-state index contributed by atoms with van der Waals surface area (Å²) in [5.74, 6) is -0.814. The fourth-order valence-electron chi connectivity index (χ4n) is 2.60. The first-order valence-electron chi connectivity index (χ1n) is 7.60. The molecule has 0 saturated carbocycles. The second kappa shape index (κ2) is 6.34. The Bertz CT molecular complexity index is 1200. The molecule has 0 fully saturated rings. The van der Waals surface area contributed by atoms with Gasteiger partial charge in [0.25, 0.3) is 0 Å². The highest BCUT2D eigenvalue weighted by Gasteiger charge is 2.14. The van der Waals surface area contributed by atoms with Gasteiger partial charge in [0.05, 0.1) is 5.52 Å². The number of carbonyl (C=O) groups is 1. The van der Waals surface area contributed by atoms with E-state index < -0.39 is 11.5 Å². The molecule has 2 heterocycles. The maximum atomic E-state index is 13.3. The average molecular weight is 416 g/mol. The summed E-state index contributed by atoms with van der Waals surface area (Å²) in [6.07, 6.45) is 1.27. The standard InChI is InChI=1S/C17H11BrFN5O2/c18-10-1-4-12(5-2-10)21-15(25)8-24-17(26)23-9-20-14-7-11(19)3-6-13(14)16(23)22-24/h1-7,9H,8H2,(H,21,25). The minimum Gasteiger partial charge on any atom is -0.324 e. The van der Waals surface area contributed by atoms with Crippen LogP contribution < -0.4 is 11.0 Å². The third-order valence-corrected chi connectivity index (χ3v) is 4.33. The quantitative estimate of drug-likeness (QED) is 0.557. The van der Waals surface area contributed by atoms with E-state index in [9.17, 15) is 14.0 Å². The van der Waals surface area contributed by atoms with Crippen LogP contribution in [0.15, 0.2) is 58.1 Å². The van der Waals surface area contributed by atoms with Gasteiger partial charge in [-0.05, 0) is 36.4 Å². The summed E-state index contributed by atoms with van der Waals surface area (Å²) in [6.45, 7) is -0.251. The lowest BCUT2D eigenvalue weighted by molar-refractivity contribution is -0.117. The second-order valence-electron chi connectivity index (χ2n) is 5.59. The lowest BCUT2D eigenvalue weighted by Crippen LogP contribution is -2.28. The molecule has 4 aromatic rings. The van der Waals surface area contributed by atoms with E-state index in [0.717, 1.165) is 9.15 Å². The Morgan fingerprint density at radius 1 is 1.19 bits per heavy atom. The monoisotopic (exact) mass is 415 g/mol. The molecule has 0 aliphatic carbocycles. The topological polar surface area (TPSA) is 81.3 Å². The lowest BCUT2D eigenvalue weighted by atomic mass is 10.2.